The summed E-state index contributed by atoms with van der Waals surface area (Å²) in [7, 11) is -1.50. The highest BCUT2D eigenvalue weighted by Gasteiger charge is 2.26. The lowest BCUT2D eigenvalue weighted by atomic mass is 9.79. The van der Waals surface area contributed by atoms with Gasteiger partial charge in [0.1, 0.15) is 5.60 Å². The molecule has 8 heteroatoms. The molecule has 0 unspecified atom stereocenters. The number of rotatable bonds is 3. The molecule has 1 aliphatic heterocycles. The molecule has 24 heavy (non-hydrogen) atoms. The summed E-state index contributed by atoms with van der Waals surface area (Å²) in [6.45, 7) is 8.97. The zero-order chi connectivity index (χ0) is 17.9. The number of hydrogen-bond acceptors (Lipinski definition) is 6. The Morgan fingerprint density at radius 1 is 1.21 bits per heavy atom. The number of ether oxygens (including phenoxy) is 1. The van der Waals surface area contributed by atoms with Crippen molar-refractivity contribution in [1.82, 2.24) is 9.80 Å². The minimum Gasteiger partial charge on any atom is -0.444 e. The summed E-state index contributed by atoms with van der Waals surface area (Å²) in [5, 5.41) is 18.6. The number of nitrogens with zero attached hydrogens (tertiary/aromatic N) is 2. The number of hydrogen-bond donors (Lipinski definition) is 3. The van der Waals surface area contributed by atoms with Crippen molar-refractivity contribution in [3.63, 3.8) is 0 Å². The highest BCUT2D eigenvalue weighted by Crippen LogP contribution is 2.14. The Labute approximate surface area is 149 Å². The van der Waals surface area contributed by atoms with E-state index in [1.165, 1.54) is 0 Å². The lowest BCUT2D eigenvalue weighted by Crippen LogP contribution is -2.49. The van der Waals surface area contributed by atoms with E-state index in [4.69, 9.17) is 4.74 Å². The molecule has 2 N–H and O–H groups in total. The Hall–Kier alpha value is -1.22. The summed E-state index contributed by atoms with van der Waals surface area (Å²) >= 11 is 4.31. The maximum absolute atomic E-state index is 12.1. The number of amides is 1. The molecule has 132 valence electrons. The molecular weight excluding hydrogens is 327 g/mol. The van der Waals surface area contributed by atoms with E-state index in [-0.39, 0.29) is 6.09 Å². The van der Waals surface area contributed by atoms with Crippen molar-refractivity contribution in [2.45, 2.75) is 37.8 Å². The molecule has 1 saturated heterocycles. The molecule has 1 fully saturated rings. The predicted molar refractivity (Wildman–Crippen MR) is 96.6 cm³/mol. The molecule has 0 radical (unpaired) electrons. The van der Waals surface area contributed by atoms with Crippen LogP contribution in [0.2, 0.25) is 0 Å². The van der Waals surface area contributed by atoms with E-state index in [9.17, 15) is 14.8 Å². The number of carbonyl (C=O) groups excluding carboxylic acids is 1. The maximum atomic E-state index is 12.1. The van der Waals surface area contributed by atoms with Gasteiger partial charge < -0.3 is 19.7 Å². The van der Waals surface area contributed by atoms with Gasteiger partial charge in [0.2, 0.25) is 0 Å². The first-order chi connectivity index (χ1) is 11.1. The number of carbonyl (C=O) groups is 1. The van der Waals surface area contributed by atoms with Crippen molar-refractivity contribution in [2.24, 2.45) is 0 Å². The Kier molecular flexibility index (Phi) is 6.19. The minimum atomic E-state index is -1.50. The molecule has 1 amide bonds. The Bertz CT molecular complexity index is 584. The summed E-state index contributed by atoms with van der Waals surface area (Å²) in [6.07, 6.45) is -0.273. The topological polar surface area (TPSA) is 73.2 Å². The second kappa shape index (κ2) is 7.78. The second-order valence-corrected chi connectivity index (χ2v) is 7.57. The summed E-state index contributed by atoms with van der Waals surface area (Å²) in [6, 6.07) is 5.32. The molecular formula is C16H25BN2O4S. The third-order valence-corrected chi connectivity index (χ3v) is 3.99. The van der Waals surface area contributed by atoms with Crippen LogP contribution in [0.4, 0.5) is 4.79 Å². The molecule has 0 spiro atoms. The predicted octanol–water partition coefficient (Wildman–Crippen LogP) is 0.708. The normalized spacial score (nSPS) is 16.2. The molecule has 0 bridgehead atoms. The van der Waals surface area contributed by atoms with Gasteiger partial charge in [0, 0.05) is 37.6 Å². The van der Waals surface area contributed by atoms with Crippen molar-refractivity contribution in [3.8, 4) is 0 Å². The van der Waals surface area contributed by atoms with Gasteiger partial charge >= 0.3 is 13.2 Å². The smallest absolute Gasteiger partial charge is 0.444 e. The molecule has 0 aliphatic carbocycles. The molecule has 1 aromatic carbocycles. The standard InChI is InChI=1S/C16H25BN2O4S/c1-16(2,3)23-15(20)19-6-4-18(5-7-19)11-12-8-13(17(21)22)10-14(24)9-12/h8-10,21-22,24H,4-7,11H2,1-3H3. The van der Waals surface area contributed by atoms with Crippen LogP contribution in [0.3, 0.4) is 0 Å². The zero-order valence-electron chi connectivity index (χ0n) is 14.4. The largest absolute Gasteiger partial charge is 0.488 e. The third-order valence-electron chi connectivity index (χ3n) is 3.73. The molecule has 0 saturated carbocycles. The van der Waals surface area contributed by atoms with Gasteiger partial charge in [-0.15, -0.1) is 12.6 Å². The average molecular weight is 352 g/mol. The maximum Gasteiger partial charge on any atom is 0.488 e. The first kappa shape index (κ1) is 19.1. The molecule has 0 aromatic heterocycles. The van der Waals surface area contributed by atoms with Gasteiger partial charge in [-0.1, -0.05) is 6.07 Å². The number of piperazine rings is 1. The van der Waals surface area contributed by atoms with Crippen LogP contribution in [0, 0.1) is 0 Å². The Morgan fingerprint density at radius 3 is 2.38 bits per heavy atom. The third kappa shape index (κ3) is 5.70. The molecule has 1 aromatic rings. The second-order valence-electron chi connectivity index (χ2n) is 7.05. The van der Waals surface area contributed by atoms with E-state index >= 15 is 0 Å². The summed E-state index contributed by atoms with van der Waals surface area (Å²) in [5.41, 5.74) is 0.921. The van der Waals surface area contributed by atoms with Crippen LogP contribution in [0.25, 0.3) is 0 Å². The van der Waals surface area contributed by atoms with E-state index in [2.05, 4.69) is 17.5 Å². The van der Waals surface area contributed by atoms with Crippen molar-refractivity contribution in [2.75, 3.05) is 26.2 Å². The van der Waals surface area contributed by atoms with Crippen LogP contribution in [0.1, 0.15) is 26.3 Å². The molecule has 1 heterocycles. The van der Waals surface area contributed by atoms with E-state index in [1.807, 2.05) is 26.8 Å². The van der Waals surface area contributed by atoms with Gasteiger partial charge in [0.25, 0.3) is 0 Å². The van der Waals surface area contributed by atoms with Gasteiger partial charge in [-0.05, 0) is 43.9 Å². The Morgan fingerprint density at radius 2 is 1.83 bits per heavy atom. The monoisotopic (exact) mass is 352 g/mol. The summed E-state index contributed by atoms with van der Waals surface area (Å²) in [4.78, 5) is 16.7. The van der Waals surface area contributed by atoms with Crippen LogP contribution >= 0.6 is 12.6 Å². The van der Waals surface area contributed by atoms with Gasteiger partial charge in [-0.3, -0.25) is 4.90 Å². The van der Waals surface area contributed by atoms with Gasteiger partial charge in [0.15, 0.2) is 0 Å². The SMILES string of the molecule is CC(C)(C)OC(=O)N1CCN(Cc2cc(S)cc(B(O)O)c2)CC1. The number of thiol groups is 1. The minimum absolute atomic E-state index is 0.273. The zero-order valence-corrected chi connectivity index (χ0v) is 15.3. The van der Waals surface area contributed by atoms with Gasteiger partial charge in [-0.25, -0.2) is 4.79 Å². The fourth-order valence-corrected chi connectivity index (χ4v) is 2.93. The molecule has 0 atom stereocenters. The quantitative estimate of drug-likeness (QED) is 0.552. The first-order valence-corrected chi connectivity index (χ1v) is 8.48. The molecule has 2 rings (SSSR count). The molecule has 6 nitrogen and oxygen atoms in total. The van der Waals surface area contributed by atoms with E-state index in [0.29, 0.717) is 30.0 Å². The number of benzene rings is 1. The Balaban J connectivity index is 1.90. The van der Waals surface area contributed by atoms with E-state index in [0.717, 1.165) is 18.7 Å². The highest BCUT2D eigenvalue weighted by molar-refractivity contribution is 7.80. The first-order valence-electron chi connectivity index (χ1n) is 8.03. The van der Waals surface area contributed by atoms with Crippen LogP contribution in [-0.2, 0) is 11.3 Å². The highest BCUT2D eigenvalue weighted by atomic mass is 32.1. The summed E-state index contributed by atoms with van der Waals surface area (Å²) in [5.74, 6) is 0. The van der Waals surface area contributed by atoms with Crippen molar-refractivity contribution < 1.29 is 19.6 Å². The average Bonchev–Trinajstić information content (AvgIpc) is 2.45. The van der Waals surface area contributed by atoms with Crippen LogP contribution in [0.5, 0.6) is 0 Å². The fraction of sp³-hybridized carbons (Fsp3) is 0.562. The van der Waals surface area contributed by atoms with Gasteiger partial charge in [0.05, 0.1) is 0 Å². The van der Waals surface area contributed by atoms with Crippen LogP contribution in [0.15, 0.2) is 23.1 Å². The van der Waals surface area contributed by atoms with Crippen molar-refractivity contribution in [3.05, 3.63) is 23.8 Å². The van der Waals surface area contributed by atoms with Crippen molar-refractivity contribution in [1.29, 1.82) is 0 Å². The van der Waals surface area contributed by atoms with E-state index in [1.54, 1.807) is 17.0 Å². The van der Waals surface area contributed by atoms with Crippen molar-refractivity contribution >= 4 is 31.3 Å². The lowest BCUT2D eigenvalue weighted by Gasteiger charge is -2.35. The molecule has 1 aliphatic rings. The van der Waals surface area contributed by atoms with Crippen LogP contribution in [-0.4, -0.2) is 64.8 Å². The van der Waals surface area contributed by atoms with Gasteiger partial charge in [-0.2, -0.15) is 0 Å². The van der Waals surface area contributed by atoms with Crippen LogP contribution < -0.4 is 5.46 Å². The van der Waals surface area contributed by atoms with E-state index < -0.39 is 12.7 Å². The summed E-state index contributed by atoms with van der Waals surface area (Å²) < 4.78 is 5.39. The fourth-order valence-electron chi connectivity index (χ4n) is 2.61. The lowest BCUT2D eigenvalue weighted by molar-refractivity contribution is 0.0139.